The topological polar surface area (TPSA) is 58.6 Å². The van der Waals surface area contributed by atoms with Gasteiger partial charge in [-0.05, 0) is 50.0 Å². The quantitative estimate of drug-likeness (QED) is 0.805. The maximum atomic E-state index is 11.8. The van der Waals surface area contributed by atoms with Crippen LogP contribution in [0.5, 0.6) is 0 Å². The van der Waals surface area contributed by atoms with Crippen molar-refractivity contribution in [3.05, 3.63) is 0 Å². The first-order chi connectivity index (χ1) is 9.95. The fourth-order valence-corrected chi connectivity index (χ4v) is 4.70. The van der Waals surface area contributed by atoms with E-state index in [0.717, 1.165) is 58.4 Å². The van der Waals surface area contributed by atoms with Gasteiger partial charge >= 0.3 is 0 Å². The van der Waals surface area contributed by atoms with Crippen LogP contribution in [-0.2, 0) is 14.8 Å². The molecule has 5 nitrogen and oxygen atoms in total. The molecular weight excluding hydrogens is 288 g/mol. The molecule has 0 aromatic carbocycles. The highest BCUT2D eigenvalue weighted by Crippen LogP contribution is 2.39. The first-order valence-electron chi connectivity index (χ1n) is 8.19. The van der Waals surface area contributed by atoms with Gasteiger partial charge in [-0.3, -0.25) is 0 Å². The van der Waals surface area contributed by atoms with Crippen LogP contribution in [0.25, 0.3) is 0 Å². The SMILES string of the molecule is CCNCC1(CC2CCCN(S(C)(=O)=O)C2)CCOCC1. The van der Waals surface area contributed by atoms with Crippen molar-refractivity contribution in [2.75, 3.05) is 45.6 Å². The summed E-state index contributed by atoms with van der Waals surface area (Å²) in [5.74, 6) is 0.491. The van der Waals surface area contributed by atoms with Crippen molar-refractivity contribution in [1.29, 1.82) is 0 Å². The molecule has 2 fully saturated rings. The van der Waals surface area contributed by atoms with Gasteiger partial charge in [-0.2, -0.15) is 0 Å². The van der Waals surface area contributed by atoms with Gasteiger partial charge in [0, 0.05) is 32.8 Å². The lowest BCUT2D eigenvalue weighted by Crippen LogP contribution is -2.45. The fraction of sp³-hybridized carbons (Fsp3) is 1.00. The summed E-state index contributed by atoms with van der Waals surface area (Å²) >= 11 is 0. The predicted molar refractivity (Wildman–Crippen MR) is 84.8 cm³/mol. The molecule has 1 atom stereocenters. The van der Waals surface area contributed by atoms with Crippen molar-refractivity contribution in [2.24, 2.45) is 11.3 Å². The molecule has 0 radical (unpaired) electrons. The Morgan fingerprint density at radius 1 is 1.33 bits per heavy atom. The molecule has 2 aliphatic heterocycles. The van der Waals surface area contributed by atoms with E-state index in [9.17, 15) is 8.42 Å². The van der Waals surface area contributed by atoms with Crippen LogP contribution < -0.4 is 5.32 Å². The molecule has 0 aromatic heterocycles. The lowest BCUT2D eigenvalue weighted by atomic mass is 9.72. The summed E-state index contributed by atoms with van der Waals surface area (Å²) in [7, 11) is -3.04. The Morgan fingerprint density at radius 3 is 2.67 bits per heavy atom. The monoisotopic (exact) mass is 318 g/mol. The Morgan fingerprint density at radius 2 is 2.05 bits per heavy atom. The minimum Gasteiger partial charge on any atom is -0.381 e. The summed E-state index contributed by atoms with van der Waals surface area (Å²) in [4.78, 5) is 0. The normalized spacial score (nSPS) is 27.6. The second kappa shape index (κ2) is 7.40. The van der Waals surface area contributed by atoms with Crippen molar-refractivity contribution >= 4 is 10.0 Å². The van der Waals surface area contributed by atoms with Crippen LogP contribution in [0.1, 0.15) is 39.0 Å². The highest BCUT2D eigenvalue weighted by atomic mass is 32.2. The molecule has 21 heavy (non-hydrogen) atoms. The number of nitrogens with zero attached hydrogens (tertiary/aromatic N) is 1. The third kappa shape index (κ3) is 4.91. The van der Waals surface area contributed by atoms with E-state index in [1.165, 1.54) is 6.26 Å². The molecule has 0 aliphatic carbocycles. The summed E-state index contributed by atoms with van der Waals surface area (Å²) in [5, 5.41) is 3.50. The molecule has 0 aromatic rings. The zero-order valence-electron chi connectivity index (χ0n) is 13.4. The molecule has 0 amide bonds. The van der Waals surface area contributed by atoms with Gasteiger partial charge in [0.1, 0.15) is 0 Å². The smallest absolute Gasteiger partial charge is 0.211 e. The number of sulfonamides is 1. The summed E-state index contributed by atoms with van der Waals surface area (Å²) < 4.78 is 30.7. The second-order valence-electron chi connectivity index (χ2n) is 6.73. The lowest BCUT2D eigenvalue weighted by Gasteiger charge is -2.42. The van der Waals surface area contributed by atoms with Crippen LogP contribution in [0.3, 0.4) is 0 Å². The van der Waals surface area contributed by atoms with E-state index >= 15 is 0 Å². The van der Waals surface area contributed by atoms with Gasteiger partial charge in [-0.25, -0.2) is 12.7 Å². The Hall–Kier alpha value is -0.170. The molecule has 1 unspecified atom stereocenters. The Kier molecular flexibility index (Phi) is 6.05. The standard InChI is InChI=1S/C15H30N2O3S/c1-3-16-13-15(6-9-20-10-7-15)11-14-5-4-8-17(12-14)21(2,18)19/h14,16H,3-13H2,1-2H3. The maximum Gasteiger partial charge on any atom is 0.211 e. The average Bonchev–Trinajstić information content (AvgIpc) is 2.46. The zero-order chi connectivity index (χ0) is 15.3. The van der Waals surface area contributed by atoms with E-state index in [0.29, 0.717) is 24.4 Å². The molecule has 2 rings (SSSR count). The molecule has 124 valence electrons. The second-order valence-corrected chi connectivity index (χ2v) is 8.71. The van der Waals surface area contributed by atoms with Crippen molar-refractivity contribution in [1.82, 2.24) is 9.62 Å². The highest BCUT2D eigenvalue weighted by molar-refractivity contribution is 7.88. The van der Waals surface area contributed by atoms with Gasteiger partial charge in [0.15, 0.2) is 0 Å². The molecule has 0 spiro atoms. The van der Waals surface area contributed by atoms with Crippen LogP contribution in [0, 0.1) is 11.3 Å². The first kappa shape index (κ1) is 17.2. The number of piperidine rings is 1. The Balaban J connectivity index is 1.99. The maximum absolute atomic E-state index is 11.8. The molecule has 1 N–H and O–H groups in total. The molecule has 2 saturated heterocycles. The van der Waals surface area contributed by atoms with Crippen LogP contribution in [0.2, 0.25) is 0 Å². The van der Waals surface area contributed by atoms with E-state index in [1.54, 1.807) is 4.31 Å². The Bertz CT molecular complexity index is 419. The van der Waals surface area contributed by atoms with Crippen molar-refractivity contribution in [3.63, 3.8) is 0 Å². The molecule has 0 bridgehead atoms. The van der Waals surface area contributed by atoms with Crippen molar-refractivity contribution in [2.45, 2.75) is 39.0 Å². The van der Waals surface area contributed by atoms with E-state index in [-0.39, 0.29) is 0 Å². The summed E-state index contributed by atoms with van der Waals surface area (Å²) in [5.41, 5.74) is 0.291. The lowest BCUT2D eigenvalue weighted by molar-refractivity contribution is -0.00172. The zero-order valence-corrected chi connectivity index (χ0v) is 14.3. The summed E-state index contributed by atoms with van der Waals surface area (Å²) in [6.07, 6.45) is 6.78. The number of hydrogen-bond acceptors (Lipinski definition) is 4. The molecule has 0 saturated carbocycles. The molecule has 6 heteroatoms. The predicted octanol–water partition coefficient (Wildman–Crippen LogP) is 1.45. The van der Waals surface area contributed by atoms with Crippen molar-refractivity contribution in [3.8, 4) is 0 Å². The summed E-state index contributed by atoms with van der Waals surface area (Å²) in [6.45, 7) is 7.23. The third-order valence-electron chi connectivity index (χ3n) is 4.98. The van der Waals surface area contributed by atoms with Gasteiger partial charge in [-0.15, -0.1) is 0 Å². The highest BCUT2D eigenvalue weighted by Gasteiger charge is 2.37. The first-order valence-corrected chi connectivity index (χ1v) is 10.0. The van der Waals surface area contributed by atoms with Gasteiger partial charge in [0.2, 0.25) is 10.0 Å². The van der Waals surface area contributed by atoms with E-state index in [4.69, 9.17) is 4.74 Å². The van der Waals surface area contributed by atoms with Gasteiger partial charge in [0.25, 0.3) is 0 Å². The largest absolute Gasteiger partial charge is 0.381 e. The summed E-state index contributed by atoms with van der Waals surface area (Å²) in [6, 6.07) is 0. The fourth-order valence-electron chi connectivity index (χ4n) is 3.75. The van der Waals surface area contributed by atoms with E-state index in [2.05, 4.69) is 12.2 Å². The van der Waals surface area contributed by atoms with E-state index < -0.39 is 10.0 Å². The van der Waals surface area contributed by atoms with Crippen LogP contribution in [-0.4, -0.2) is 58.4 Å². The van der Waals surface area contributed by atoms with Gasteiger partial charge in [0.05, 0.1) is 6.26 Å². The number of rotatable bonds is 6. The molecular formula is C15H30N2O3S. The third-order valence-corrected chi connectivity index (χ3v) is 6.25. The molecule has 2 aliphatic rings. The number of ether oxygens (including phenoxy) is 1. The van der Waals surface area contributed by atoms with E-state index in [1.807, 2.05) is 0 Å². The average molecular weight is 318 g/mol. The van der Waals surface area contributed by atoms with Crippen LogP contribution >= 0.6 is 0 Å². The van der Waals surface area contributed by atoms with Gasteiger partial charge in [-0.1, -0.05) is 6.92 Å². The van der Waals surface area contributed by atoms with Crippen LogP contribution in [0.4, 0.5) is 0 Å². The number of nitrogens with one attached hydrogen (secondary N) is 1. The minimum atomic E-state index is -3.04. The van der Waals surface area contributed by atoms with Crippen molar-refractivity contribution < 1.29 is 13.2 Å². The van der Waals surface area contributed by atoms with Crippen LogP contribution in [0.15, 0.2) is 0 Å². The Labute approximate surface area is 129 Å². The van der Waals surface area contributed by atoms with Gasteiger partial charge < -0.3 is 10.1 Å². The molecule has 2 heterocycles. The minimum absolute atomic E-state index is 0.291. The number of hydrogen-bond donors (Lipinski definition) is 1.